The van der Waals surface area contributed by atoms with Crippen molar-refractivity contribution in [3.8, 4) is 0 Å². The molecule has 0 amide bonds. The van der Waals surface area contributed by atoms with Gasteiger partial charge in [-0.25, -0.2) is 13.1 Å². The van der Waals surface area contributed by atoms with Crippen molar-refractivity contribution in [1.29, 1.82) is 0 Å². The molecule has 116 valence electrons. The Kier molecular flexibility index (Phi) is 4.33. The Morgan fingerprint density at radius 3 is 2.67 bits per heavy atom. The van der Waals surface area contributed by atoms with Crippen molar-refractivity contribution in [1.82, 2.24) is 9.62 Å². The molecule has 1 aliphatic heterocycles. The van der Waals surface area contributed by atoms with Crippen LogP contribution in [0.5, 0.6) is 0 Å². The fourth-order valence-corrected chi connectivity index (χ4v) is 5.18. The first kappa shape index (κ1) is 15.0. The third-order valence-electron chi connectivity index (χ3n) is 4.98. The van der Waals surface area contributed by atoms with Gasteiger partial charge in [-0.3, -0.25) is 0 Å². The summed E-state index contributed by atoms with van der Waals surface area (Å²) in [6.45, 7) is 2.14. The summed E-state index contributed by atoms with van der Waals surface area (Å²) in [4.78, 5) is 2.70. The fraction of sp³-hybridized carbons (Fsp3) is 0.625. The van der Waals surface area contributed by atoms with Crippen LogP contribution in [0.2, 0.25) is 0 Å². The summed E-state index contributed by atoms with van der Waals surface area (Å²) in [6, 6.07) is 8.78. The van der Waals surface area contributed by atoms with Crippen LogP contribution in [0.1, 0.15) is 25.7 Å². The summed E-state index contributed by atoms with van der Waals surface area (Å²) in [6.07, 6.45) is 4.54. The van der Waals surface area contributed by atoms with Gasteiger partial charge in [-0.1, -0.05) is 24.6 Å². The number of nitrogens with zero attached hydrogens (tertiary/aromatic N) is 1. The van der Waals surface area contributed by atoms with E-state index in [0.29, 0.717) is 16.7 Å². The Hall–Kier alpha value is -0.910. The maximum atomic E-state index is 12.5. The Labute approximate surface area is 127 Å². The van der Waals surface area contributed by atoms with Crippen LogP contribution in [0.3, 0.4) is 0 Å². The van der Waals surface area contributed by atoms with Crippen molar-refractivity contribution >= 4 is 10.0 Å². The minimum absolute atomic E-state index is 0.0803. The molecule has 1 heterocycles. The summed E-state index contributed by atoms with van der Waals surface area (Å²) in [5, 5.41) is 0. The Morgan fingerprint density at radius 1 is 1.14 bits per heavy atom. The van der Waals surface area contributed by atoms with Gasteiger partial charge in [0.05, 0.1) is 4.90 Å². The second kappa shape index (κ2) is 6.07. The fourth-order valence-electron chi connectivity index (χ4n) is 3.84. The normalized spacial score (nSPS) is 30.8. The van der Waals surface area contributed by atoms with E-state index in [2.05, 4.69) is 16.7 Å². The molecule has 4 nitrogen and oxygen atoms in total. The highest BCUT2D eigenvalue weighted by atomic mass is 32.2. The van der Waals surface area contributed by atoms with E-state index in [9.17, 15) is 8.42 Å². The maximum absolute atomic E-state index is 12.5. The number of sulfonamides is 1. The van der Waals surface area contributed by atoms with Crippen LogP contribution in [0, 0.1) is 11.8 Å². The zero-order valence-corrected chi connectivity index (χ0v) is 13.3. The zero-order chi connectivity index (χ0) is 14.9. The first-order chi connectivity index (χ1) is 10.1. The lowest BCUT2D eigenvalue weighted by atomic mass is 9.72. The summed E-state index contributed by atoms with van der Waals surface area (Å²) >= 11 is 0. The number of benzene rings is 1. The van der Waals surface area contributed by atoms with Gasteiger partial charge in [0.15, 0.2) is 0 Å². The van der Waals surface area contributed by atoms with Crippen LogP contribution in [0.4, 0.5) is 0 Å². The van der Waals surface area contributed by atoms with Crippen molar-refractivity contribution in [2.24, 2.45) is 11.8 Å². The van der Waals surface area contributed by atoms with Crippen LogP contribution < -0.4 is 4.72 Å². The highest BCUT2D eigenvalue weighted by Gasteiger charge is 2.38. The highest BCUT2D eigenvalue weighted by Crippen LogP contribution is 2.36. The van der Waals surface area contributed by atoms with E-state index >= 15 is 0 Å². The van der Waals surface area contributed by atoms with Gasteiger partial charge < -0.3 is 4.90 Å². The molecule has 3 rings (SSSR count). The molecule has 0 radical (unpaired) electrons. The first-order valence-corrected chi connectivity index (χ1v) is 9.30. The standard InChI is InChI=1S/C16H24N2O2S/c1-18-11-10-13-6-5-9-16(15(13)12-18)17-21(19,20)14-7-3-2-4-8-14/h2-4,7-8,13,15-17H,5-6,9-12H2,1H3/t13-,15-,16-/m1/s1. The number of hydrogen-bond acceptors (Lipinski definition) is 3. The van der Waals surface area contributed by atoms with Gasteiger partial charge in [0.1, 0.15) is 0 Å². The molecular formula is C16H24N2O2S. The molecular weight excluding hydrogens is 284 g/mol. The molecule has 1 saturated heterocycles. The van der Waals surface area contributed by atoms with Crippen molar-refractivity contribution in [3.05, 3.63) is 30.3 Å². The molecule has 2 fully saturated rings. The first-order valence-electron chi connectivity index (χ1n) is 7.82. The molecule has 0 spiro atoms. The second-order valence-corrected chi connectivity index (χ2v) is 8.16. The topological polar surface area (TPSA) is 49.4 Å². The zero-order valence-electron chi connectivity index (χ0n) is 12.5. The predicted octanol–water partition coefficient (Wildman–Crippen LogP) is 2.09. The Morgan fingerprint density at radius 2 is 1.90 bits per heavy atom. The van der Waals surface area contributed by atoms with Crippen LogP contribution in [0.25, 0.3) is 0 Å². The highest BCUT2D eigenvalue weighted by molar-refractivity contribution is 7.89. The number of rotatable bonds is 3. The van der Waals surface area contributed by atoms with E-state index in [-0.39, 0.29) is 6.04 Å². The molecule has 1 aromatic rings. The average molecular weight is 308 g/mol. The molecule has 0 bridgehead atoms. The molecule has 3 atom stereocenters. The van der Waals surface area contributed by atoms with Gasteiger partial charge in [0.25, 0.3) is 0 Å². The SMILES string of the molecule is CN1CC[C@H]2CCC[C@@H](NS(=O)(=O)c3ccccc3)[C@@H]2C1. The monoisotopic (exact) mass is 308 g/mol. The molecule has 1 aliphatic carbocycles. The average Bonchev–Trinajstić information content (AvgIpc) is 2.48. The quantitative estimate of drug-likeness (QED) is 0.930. The minimum Gasteiger partial charge on any atom is -0.306 e. The molecule has 0 unspecified atom stereocenters. The van der Waals surface area contributed by atoms with Gasteiger partial charge in [0, 0.05) is 12.6 Å². The number of likely N-dealkylation sites (tertiary alicyclic amines) is 1. The van der Waals surface area contributed by atoms with Crippen LogP contribution in [-0.2, 0) is 10.0 Å². The van der Waals surface area contributed by atoms with Gasteiger partial charge >= 0.3 is 0 Å². The van der Waals surface area contributed by atoms with Crippen molar-refractivity contribution in [2.45, 2.75) is 36.6 Å². The largest absolute Gasteiger partial charge is 0.306 e. The number of nitrogens with one attached hydrogen (secondary N) is 1. The molecule has 1 N–H and O–H groups in total. The smallest absolute Gasteiger partial charge is 0.240 e. The second-order valence-electron chi connectivity index (χ2n) is 6.45. The van der Waals surface area contributed by atoms with Gasteiger partial charge in [0.2, 0.25) is 10.0 Å². The van der Waals surface area contributed by atoms with E-state index in [1.807, 2.05) is 6.07 Å². The summed E-state index contributed by atoms with van der Waals surface area (Å²) in [7, 11) is -1.26. The van der Waals surface area contributed by atoms with Gasteiger partial charge in [-0.2, -0.15) is 0 Å². The maximum Gasteiger partial charge on any atom is 0.240 e. The van der Waals surface area contributed by atoms with Crippen LogP contribution >= 0.6 is 0 Å². The molecule has 21 heavy (non-hydrogen) atoms. The van der Waals surface area contributed by atoms with Crippen LogP contribution in [0.15, 0.2) is 35.2 Å². The molecule has 5 heteroatoms. The molecule has 1 aromatic carbocycles. The third-order valence-corrected chi connectivity index (χ3v) is 6.48. The molecule has 0 aromatic heterocycles. The lowest BCUT2D eigenvalue weighted by Crippen LogP contribution is -2.52. The van der Waals surface area contributed by atoms with Gasteiger partial charge in [-0.05, 0) is 56.8 Å². The summed E-state index contributed by atoms with van der Waals surface area (Å²) in [5.74, 6) is 1.13. The number of fused-ring (bicyclic) bond motifs is 1. The summed E-state index contributed by atoms with van der Waals surface area (Å²) in [5.41, 5.74) is 0. The third kappa shape index (κ3) is 3.30. The van der Waals surface area contributed by atoms with Crippen LogP contribution in [-0.4, -0.2) is 39.5 Å². The lowest BCUT2D eigenvalue weighted by molar-refractivity contribution is 0.0833. The van der Waals surface area contributed by atoms with E-state index in [0.717, 1.165) is 25.9 Å². The van der Waals surface area contributed by atoms with E-state index in [1.54, 1.807) is 24.3 Å². The lowest BCUT2D eigenvalue weighted by Gasteiger charge is -2.44. The Bertz CT molecular complexity index is 573. The van der Waals surface area contributed by atoms with Crippen molar-refractivity contribution < 1.29 is 8.42 Å². The van der Waals surface area contributed by atoms with Gasteiger partial charge in [-0.15, -0.1) is 0 Å². The number of hydrogen-bond donors (Lipinski definition) is 1. The van der Waals surface area contributed by atoms with Crippen molar-refractivity contribution in [2.75, 3.05) is 20.1 Å². The van der Waals surface area contributed by atoms with E-state index in [4.69, 9.17) is 0 Å². The Balaban J connectivity index is 1.77. The predicted molar refractivity (Wildman–Crippen MR) is 83.5 cm³/mol. The molecule has 2 aliphatic rings. The number of piperidine rings is 1. The van der Waals surface area contributed by atoms with Crippen molar-refractivity contribution in [3.63, 3.8) is 0 Å². The summed E-state index contributed by atoms with van der Waals surface area (Å²) < 4.78 is 28.0. The van der Waals surface area contributed by atoms with E-state index < -0.39 is 10.0 Å². The minimum atomic E-state index is -3.40. The molecule has 1 saturated carbocycles. The van der Waals surface area contributed by atoms with E-state index in [1.165, 1.54) is 12.8 Å².